The molecule has 0 fully saturated rings. The number of aromatic amines is 1. The van der Waals surface area contributed by atoms with Gasteiger partial charge in [-0.2, -0.15) is 5.10 Å². The Balaban J connectivity index is 1.66. The van der Waals surface area contributed by atoms with Crippen LogP contribution in [0.1, 0.15) is 44.4 Å². The van der Waals surface area contributed by atoms with E-state index in [9.17, 15) is 4.79 Å². The van der Waals surface area contributed by atoms with E-state index in [1.54, 1.807) is 12.4 Å². The number of benzene rings is 2. The van der Waals surface area contributed by atoms with Gasteiger partial charge >= 0.3 is 0 Å². The number of hydrogen-bond acceptors (Lipinski definition) is 5. The third kappa shape index (κ3) is 4.95. The molecule has 9 heteroatoms. The fourth-order valence-electron chi connectivity index (χ4n) is 3.74. The Hall–Kier alpha value is -3.29. The summed E-state index contributed by atoms with van der Waals surface area (Å²) >= 11 is 12.6. The summed E-state index contributed by atoms with van der Waals surface area (Å²) in [5.41, 5.74) is 4.11. The number of amides is 1. The molecule has 0 aliphatic rings. The molecule has 0 aliphatic heterocycles. The molecule has 0 unspecified atom stereocenters. The number of carbonyl (C=O) groups excluding carboxylic acids is 1. The third-order valence-electron chi connectivity index (χ3n) is 5.51. The SMILES string of the molecule is CCC(=O)Nc1cccc(CC)c1Nc1n[nH]c2ccc(O[C@H](C)c3c(Cl)cncc3Cl)cc12. The molecule has 0 saturated carbocycles. The summed E-state index contributed by atoms with van der Waals surface area (Å²) in [5.74, 6) is 1.21. The van der Waals surface area contributed by atoms with Crippen molar-refractivity contribution in [2.45, 2.75) is 39.7 Å². The average Bonchev–Trinajstić information content (AvgIpc) is 3.22. The molecule has 0 aliphatic carbocycles. The largest absolute Gasteiger partial charge is 0.486 e. The first kappa shape index (κ1) is 23.9. The summed E-state index contributed by atoms with van der Waals surface area (Å²) < 4.78 is 6.16. The van der Waals surface area contributed by atoms with Crippen molar-refractivity contribution in [1.29, 1.82) is 0 Å². The smallest absolute Gasteiger partial charge is 0.224 e. The van der Waals surface area contributed by atoms with Crippen LogP contribution in [0, 0.1) is 0 Å². The minimum absolute atomic E-state index is 0.0544. The number of rotatable bonds is 8. The number of para-hydroxylation sites is 1. The van der Waals surface area contributed by atoms with Gasteiger partial charge in [0.05, 0.1) is 26.9 Å². The summed E-state index contributed by atoms with van der Waals surface area (Å²) in [4.78, 5) is 16.1. The Kier molecular flexibility index (Phi) is 7.24. The lowest BCUT2D eigenvalue weighted by Gasteiger charge is -2.18. The summed E-state index contributed by atoms with van der Waals surface area (Å²) in [6.45, 7) is 5.77. The van der Waals surface area contributed by atoms with Crippen molar-refractivity contribution in [2.24, 2.45) is 0 Å². The Morgan fingerprint density at radius 2 is 1.91 bits per heavy atom. The monoisotopic (exact) mass is 497 g/mol. The van der Waals surface area contributed by atoms with Crippen LogP contribution in [-0.2, 0) is 11.2 Å². The lowest BCUT2D eigenvalue weighted by molar-refractivity contribution is -0.115. The second kappa shape index (κ2) is 10.3. The number of nitrogens with one attached hydrogen (secondary N) is 3. The number of hydrogen-bond donors (Lipinski definition) is 3. The molecule has 0 spiro atoms. The maximum Gasteiger partial charge on any atom is 0.224 e. The van der Waals surface area contributed by atoms with Gasteiger partial charge < -0.3 is 15.4 Å². The van der Waals surface area contributed by atoms with Crippen LogP contribution in [0.5, 0.6) is 5.75 Å². The van der Waals surface area contributed by atoms with E-state index >= 15 is 0 Å². The zero-order chi connectivity index (χ0) is 24.2. The zero-order valence-corrected chi connectivity index (χ0v) is 20.6. The standard InChI is InChI=1S/C25H25Cl2N5O2/c1-4-15-7-6-8-21(29-22(33)5-2)24(15)30-25-17-11-16(9-10-20(17)31-32-25)34-14(3)23-18(26)12-28-13-19(23)27/h6-14H,4-5H2,1-3H3,(H,29,33)(H2,30,31,32)/t14-/m1/s1. The van der Waals surface area contributed by atoms with Crippen LogP contribution in [0.3, 0.4) is 0 Å². The number of ether oxygens (including phenoxy) is 1. The number of halogens is 2. The quantitative estimate of drug-likeness (QED) is 0.242. The molecule has 2 aromatic heterocycles. The summed E-state index contributed by atoms with van der Waals surface area (Å²) in [6.07, 6.45) is 3.89. The highest BCUT2D eigenvalue weighted by Gasteiger charge is 2.18. The topological polar surface area (TPSA) is 91.9 Å². The van der Waals surface area contributed by atoms with Gasteiger partial charge in [0.25, 0.3) is 0 Å². The summed E-state index contributed by atoms with van der Waals surface area (Å²) in [7, 11) is 0. The Morgan fingerprint density at radius 1 is 1.15 bits per heavy atom. The molecule has 3 N–H and O–H groups in total. The second-order valence-corrected chi connectivity index (χ2v) is 8.59. The first-order chi connectivity index (χ1) is 16.4. The molecule has 176 valence electrons. The molecule has 0 bridgehead atoms. The molecule has 0 radical (unpaired) electrons. The van der Waals surface area contributed by atoms with Crippen LogP contribution in [0.4, 0.5) is 17.2 Å². The molecular formula is C25H25Cl2N5O2. The number of aromatic nitrogens is 3. The van der Waals surface area contributed by atoms with Crippen LogP contribution in [0.25, 0.3) is 10.9 Å². The number of anilines is 3. The highest BCUT2D eigenvalue weighted by atomic mass is 35.5. The van der Waals surface area contributed by atoms with Crippen molar-refractivity contribution in [1.82, 2.24) is 15.2 Å². The molecule has 0 saturated heterocycles. The molecule has 4 rings (SSSR count). The van der Waals surface area contributed by atoms with E-state index < -0.39 is 0 Å². The van der Waals surface area contributed by atoms with Crippen LogP contribution in [0.2, 0.25) is 10.0 Å². The molecule has 34 heavy (non-hydrogen) atoms. The van der Waals surface area contributed by atoms with Crippen LogP contribution >= 0.6 is 23.2 Å². The maximum absolute atomic E-state index is 12.1. The fraction of sp³-hybridized carbons (Fsp3) is 0.240. The molecule has 1 atom stereocenters. The number of carbonyl (C=O) groups is 1. The Labute approximate surface area is 207 Å². The number of H-pyrrole nitrogens is 1. The van der Waals surface area contributed by atoms with E-state index in [1.807, 2.05) is 50.2 Å². The molecule has 1 amide bonds. The van der Waals surface area contributed by atoms with E-state index in [4.69, 9.17) is 27.9 Å². The van der Waals surface area contributed by atoms with Gasteiger partial charge in [0.2, 0.25) is 5.91 Å². The van der Waals surface area contributed by atoms with Crippen LogP contribution in [-0.4, -0.2) is 21.1 Å². The van der Waals surface area contributed by atoms with E-state index in [1.165, 1.54) is 0 Å². The molecule has 2 aromatic carbocycles. The van der Waals surface area contributed by atoms with Gasteiger partial charge in [-0.1, -0.05) is 49.2 Å². The highest BCUT2D eigenvalue weighted by Crippen LogP contribution is 2.36. The lowest BCUT2D eigenvalue weighted by Crippen LogP contribution is -2.12. The van der Waals surface area contributed by atoms with Gasteiger partial charge in [0.1, 0.15) is 11.9 Å². The van der Waals surface area contributed by atoms with Gasteiger partial charge in [0, 0.05) is 29.8 Å². The van der Waals surface area contributed by atoms with Crippen LogP contribution < -0.4 is 15.4 Å². The maximum atomic E-state index is 12.1. The molecule has 2 heterocycles. The minimum Gasteiger partial charge on any atom is -0.486 e. The molecular weight excluding hydrogens is 473 g/mol. The second-order valence-electron chi connectivity index (χ2n) is 7.78. The number of pyridine rings is 1. The first-order valence-corrected chi connectivity index (χ1v) is 11.8. The van der Waals surface area contributed by atoms with Crippen molar-refractivity contribution in [3.05, 3.63) is 70.0 Å². The van der Waals surface area contributed by atoms with E-state index in [2.05, 4.69) is 32.7 Å². The number of fused-ring (bicyclic) bond motifs is 1. The third-order valence-corrected chi connectivity index (χ3v) is 6.12. The molecule has 4 aromatic rings. The Bertz CT molecular complexity index is 1320. The van der Waals surface area contributed by atoms with Crippen molar-refractivity contribution in [3.63, 3.8) is 0 Å². The molecule has 7 nitrogen and oxygen atoms in total. The van der Waals surface area contributed by atoms with Crippen LogP contribution in [0.15, 0.2) is 48.8 Å². The van der Waals surface area contributed by atoms with Crippen molar-refractivity contribution >= 4 is 57.2 Å². The number of nitrogens with zero attached hydrogens (tertiary/aromatic N) is 2. The van der Waals surface area contributed by atoms with Gasteiger partial charge in [-0.3, -0.25) is 14.9 Å². The summed E-state index contributed by atoms with van der Waals surface area (Å²) in [6, 6.07) is 11.5. The van der Waals surface area contributed by atoms with Crippen molar-refractivity contribution in [2.75, 3.05) is 10.6 Å². The lowest BCUT2D eigenvalue weighted by atomic mass is 10.1. The minimum atomic E-state index is -0.388. The Morgan fingerprint density at radius 3 is 2.62 bits per heavy atom. The van der Waals surface area contributed by atoms with Crippen molar-refractivity contribution in [3.8, 4) is 5.75 Å². The van der Waals surface area contributed by atoms with Crippen molar-refractivity contribution < 1.29 is 9.53 Å². The van der Waals surface area contributed by atoms with E-state index in [0.29, 0.717) is 39.3 Å². The average molecular weight is 498 g/mol. The summed E-state index contributed by atoms with van der Waals surface area (Å²) in [5, 5.41) is 15.6. The fourth-order valence-corrected chi connectivity index (χ4v) is 4.41. The van der Waals surface area contributed by atoms with E-state index in [-0.39, 0.29) is 12.0 Å². The highest BCUT2D eigenvalue weighted by molar-refractivity contribution is 6.35. The first-order valence-electron chi connectivity index (χ1n) is 11.0. The van der Waals surface area contributed by atoms with Gasteiger partial charge in [-0.15, -0.1) is 0 Å². The van der Waals surface area contributed by atoms with E-state index in [0.717, 1.165) is 28.6 Å². The normalized spacial score (nSPS) is 11.9. The van der Waals surface area contributed by atoms with Gasteiger partial charge in [-0.25, -0.2) is 0 Å². The predicted molar refractivity (Wildman–Crippen MR) is 137 cm³/mol. The van der Waals surface area contributed by atoms with Gasteiger partial charge in [0.15, 0.2) is 5.82 Å². The number of aryl methyl sites for hydroxylation is 1. The zero-order valence-electron chi connectivity index (χ0n) is 19.1. The van der Waals surface area contributed by atoms with Gasteiger partial charge in [-0.05, 0) is 43.2 Å². The predicted octanol–water partition coefficient (Wildman–Crippen LogP) is 7.06.